The van der Waals surface area contributed by atoms with Gasteiger partial charge in [0, 0.05) is 12.1 Å². The Morgan fingerprint density at radius 2 is 1.62 bits per heavy atom. The maximum Gasteiger partial charge on any atom is 0.341 e. The lowest BCUT2D eigenvalue weighted by Gasteiger charge is -2.09. The molecule has 0 radical (unpaired) electrons. The number of benzene rings is 2. The van der Waals surface area contributed by atoms with Gasteiger partial charge in [-0.25, -0.2) is 19.3 Å². The van der Waals surface area contributed by atoms with E-state index < -0.39 is 46.4 Å². The number of carboxylic acids is 2. The number of rotatable bonds is 9. The van der Waals surface area contributed by atoms with Crippen LogP contribution in [0, 0.1) is 10.1 Å². The van der Waals surface area contributed by atoms with Crippen molar-refractivity contribution in [3.63, 3.8) is 0 Å². The van der Waals surface area contributed by atoms with Crippen molar-refractivity contribution in [1.29, 1.82) is 0 Å². The van der Waals surface area contributed by atoms with E-state index in [4.69, 9.17) is 15.1 Å². The topological polar surface area (TPSA) is 183 Å². The normalized spacial score (nSPS) is 10.3. The molecule has 2 aromatic carbocycles. The Hall–Kier alpha value is -4.03. The van der Waals surface area contributed by atoms with Gasteiger partial charge in [-0.2, -0.15) is 4.89 Å². The molecule has 29 heavy (non-hydrogen) atoms. The third-order valence-corrected chi connectivity index (χ3v) is 3.52. The first-order valence-electron chi connectivity index (χ1n) is 7.69. The fourth-order valence-corrected chi connectivity index (χ4v) is 2.18. The molecule has 12 nitrogen and oxygen atoms in total. The van der Waals surface area contributed by atoms with Gasteiger partial charge in [-0.1, -0.05) is 6.07 Å². The summed E-state index contributed by atoms with van der Waals surface area (Å²) in [6.07, 6.45) is 0. The van der Waals surface area contributed by atoms with Crippen molar-refractivity contribution in [3.05, 3.63) is 68.8 Å². The number of phenols is 1. The molecule has 0 aliphatic rings. The first-order chi connectivity index (χ1) is 13.7. The lowest BCUT2D eigenvalue weighted by Crippen LogP contribution is -2.14. The van der Waals surface area contributed by atoms with Crippen LogP contribution >= 0.6 is 0 Å². The Labute approximate surface area is 161 Å². The second-order valence-electron chi connectivity index (χ2n) is 5.37. The summed E-state index contributed by atoms with van der Waals surface area (Å²) in [6.45, 7) is -1.12. The number of nitro groups is 1. The van der Waals surface area contributed by atoms with Crippen LogP contribution in [0.2, 0.25) is 0 Å². The quantitative estimate of drug-likeness (QED) is 0.138. The summed E-state index contributed by atoms with van der Waals surface area (Å²) < 4.78 is 4.68. The zero-order chi connectivity index (χ0) is 21.6. The number of carboxylic acid groups (broad SMARTS) is 2. The highest BCUT2D eigenvalue weighted by atomic mass is 17.2. The number of hydrogen-bond donors (Lipinski definition) is 3. The van der Waals surface area contributed by atoms with Gasteiger partial charge < -0.3 is 20.1 Å². The van der Waals surface area contributed by atoms with E-state index in [1.807, 2.05) is 0 Å². The molecule has 0 atom stereocenters. The summed E-state index contributed by atoms with van der Waals surface area (Å²) >= 11 is 0. The van der Waals surface area contributed by atoms with E-state index in [9.17, 15) is 29.6 Å². The fourth-order valence-electron chi connectivity index (χ4n) is 2.18. The van der Waals surface area contributed by atoms with Crippen molar-refractivity contribution < 1.29 is 49.1 Å². The number of aromatic carboxylic acids is 2. The lowest BCUT2D eigenvalue weighted by atomic mass is 10.1. The van der Waals surface area contributed by atoms with Gasteiger partial charge >= 0.3 is 17.9 Å². The van der Waals surface area contributed by atoms with Crippen LogP contribution in [0.1, 0.15) is 36.6 Å². The molecule has 0 fully saturated rings. The maximum absolute atomic E-state index is 12.0. The summed E-state index contributed by atoms with van der Waals surface area (Å²) in [7, 11) is 0. The predicted octanol–water partition coefficient (Wildman–Crippen LogP) is 1.96. The third kappa shape index (κ3) is 5.47. The predicted molar refractivity (Wildman–Crippen MR) is 91.3 cm³/mol. The second-order valence-corrected chi connectivity index (χ2v) is 5.37. The van der Waals surface area contributed by atoms with Gasteiger partial charge in [0.05, 0.1) is 21.6 Å². The molecule has 2 aromatic rings. The zero-order valence-electron chi connectivity index (χ0n) is 14.4. The van der Waals surface area contributed by atoms with E-state index >= 15 is 0 Å². The number of esters is 1. The first-order valence-corrected chi connectivity index (χ1v) is 7.69. The van der Waals surface area contributed by atoms with Gasteiger partial charge in [0.2, 0.25) is 6.79 Å². The van der Waals surface area contributed by atoms with Crippen molar-refractivity contribution in [2.75, 3.05) is 6.79 Å². The van der Waals surface area contributed by atoms with E-state index in [0.717, 1.165) is 18.2 Å². The van der Waals surface area contributed by atoms with Crippen LogP contribution in [0.4, 0.5) is 5.69 Å². The smallest absolute Gasteiger partial charge is 0.341 e. The highest BCUT2D eigenvalue weighted by Gasteiger charge is 2.21. The fraction of sp³-hybridized carbons (Fsp3) is 0.118. The number of hydrogen-bond acceptors (Lipinski definition) is 9. The van der Waals surface area contributed by atoms with Crippen LogP contribution in [-0.4, -0.2) is 44.9 Å². The SMILES string of the molecule is O=C(O)c1cc(O)ccc1COOCOC(=O)c1ccc([N+](=O)[O-])cc1C(=O)O. The summed E-state index contributed by atoms with van der Waals surface area (Å²) in [6, 6.07) is 6.15. The molecule has 0 aliphatic heterocycles. The standard InChI is InChI=1S/C17H13NO11/c19-11-3-1-9(13(6-11)15(20)21)7-28-29-8-27-17(24)12-4-2-10(18(25)26)5-14(12)16(22)23/h1-6,19H,7-8H2,(H,20,21)(H,22,23). The number of carbonyl (C=O) groups is 3. The number of nitrogens with zero attached hydrogens (tertiary/aromatic N) is 1. The molecular formula is C17H13NO11. The van der Waals surface area contributed by atoms with E-state index in [0.29, 0.717) is 6.07 Å². The average Bonchev–Trinajstić information content (AvgIpc) is 2.67. The van der Waals surface area contributed by atoms with Crippen LogP contribution in [0.5, 0.6) is 5.75 Å². The van der Waals surface area contributed by atoms with Crippen molar-refractivity contribution in [2.24, 2.45) is 0 Å². The molecular weight excluding hydrogens is 394 g/mol. The summed E-state index contributed by atoms with van der Waals surface area (Å²) in [5.41, 5.74) is -1.62. The van der Waals surface area contributed by atoms with Crippen LogP contribution < -0.4 is 0 Å². The molecule has 12 heteroatoms. The van der Waals surface area contributed by atoms with Gasteiger partial charge in [-0.3, -0.25) is 10.1 Å². The van der Waals surface area contributed by atoms with Crippen LogP contribution in [0.15, 0.2) is 36.4 Å². The number of carbonyl (C=O) groups excluding carboxylic acids is 1. The van der Waals surface area contributed by atoms with E-state index in [1.165, 1.54) is 12.1 Å². The number of aromatic hydroxyl groups is 1. The molecule has 0 unspecified atom stereocenters. The summed E-state index contributed by atoms with van der Waals surface area (Å²) in [5.74, 6) is -4.24. The van der Waals surface area contributed by atoms with E-state index in [2.05, 4.69) is 9.62 Å². The van der Waals surface area contributed by atoms with Crippen molar-refractivity contribution in [3.8, 4) is 5.75 Å². The van der Waals surface area contributed by atoms with Crippen LogP contribution in [0.25, 0.3) is 0 Å². The third-order valence-electron chi connectivity index (χ3n) is 3.52. The molecule has 0 bridgehead atoms. The van der Waals surface area contributed by atoms with Gasteiger partial charge in [0.1, 0.15) is 12.4 Å². The minimum absolute atomic E-state index is 0.171. The lowest BCUT2D eigenvalue weighted by molar-refractivity contribution is -0.384. The molecule has 0 saturated heterocycles. The van der Waals surface area contributed by atoms with Gasteiger partial charge in [-0.15, -0.1) is 0 Å². The molecule has 152 valence electrons. The Morgan fingerprint density at radius 1 is 0.931 bits per heavy atom. The Kier molecular flexibility index (Phi) is 6.79. The molecule has 0 heterocycles. The number of phenolic OH excluding ortho intramolecular Hbond substituents is 1. The van der Waals surface area contributed by atoms with Gasteiger partial charge in [-0.05, 0) is 23.8 Å². The van der Waals surface area contributed by atoms with Crippen LogP contribution in [0.3, 0.4) is 0 Å². The highest BCUT2D eigenvalue weighted by Crippen LogP contribution is 2.20. The second kappa shape index (κ2) is 9.25. The van der Waals surface area contributed by atoms with E-state index in [1.54, 1.807) is 0 Å². The molecule has 0 aromatic heterocycles. The van der Waals surface area contributed by atoms with E-state index in [-0.39, 0.29) is 23.5 Å². The largest absolute Gasteiger partial charge is 0.508 e. The Balaban J connectivity index is 1.94. The molecule has 0 spiro atoms. The number of non-ortho nitro benzene ring substituents is 1. The monoisotopic (exact) mass is 407 g/mol. The Bertz CT molecular complexity index is 970. The van der Waals surface area contributed by atoms with Crippen LogP contribution in [-0.2, 0) is 21.1 Å². The summed E-state index contributed by atoms with van der Waals surface area (Å²) in [4.78, 5) is 53.5. The zero-order valence-corrected chi connectivity index (χ0v) is 14.4. The molecule has 3 N–H and O–H groups in total. The molecule has 0 amide bonds. The average molecular weight is 407 g/mol. The summed E-state index contributed by atoms with van der Waals surface area (Å²) in [5, 5.41) is 38.2. The first kappa shape index (κ1) is 21.3. The van der Waals surface area contributed by atoms with Crippen molar-refractivity contribution in [1.82, 2.24) is 0 Å². The number of ether oxygens (including phenoxy) is 1. The molecule has 0 aliphatic carbocycles. The van der Waals surface area contributed by atoms with Gasteiger partial charge in [0.15, 0.2) is 0 Å². The van der Waals surface area contributed by atoms with Crippen molar-refractivity contribution in [2.45, 2.75) is 6.61 Å². The number of nitro benzene ring substituents is 1. The van der Waals surface area contributed by atoms with Crippen molar-refractivity contribution >= 4 is 23.6 Å². The minimum Gasteiger partial charge on any atom is -0.508 e. The Morgan fingerprint density at radius 3 is 2.24 bits per heavy atom. The highest BCUT2D eigenvalue weighted by molar-refractivity contribution is 6.02. The molecule has 2 rings (SSSR count). The maximum atomic E-state index is 12.0. The minimum atomic E-state index is -1.56. The van der Waals surface area contributed by atoms with Gasteiger partial charge in [0.25, 0.3) is 5.69 Å². The molecule has 0 saturated carbocycles.